The van der Waals surface area contributed by atoms with Gasteiger partial charge in [0.05, 0.1) is 7.11 Å². The third-order valence-corrected chi connectivity index (χ3v) is 3.33. The molecule has 0 saturated carbocycles. The van der Waals surface area contributed by atoms with Crippen LogP contribution in [0.25, 0.3) is 0 Å². The highest BCUT2D eigenvalue weighted by Crippen LogP contribution is 2.12. The highest BCUT2D eigenvalue weighted by molar-refractivity contribution is 6.17. The van der Waals surface area contributed by atoms with Crippen LogP contribution >= 0.6 is 11.6 Å². The minimum absolute atomic E-state index is 0.0905. The number of rotatable bonds is 8. The van der Waals surface area contributed by atoms with Crippen molar-refractivity contribution in [3.05, 3.63) is 29.8 Å². The number of halogens is 1. The van der Waals surface area contributed by atoms with Crippen molar-refractivity contribution in [3.8, 4) is 5.75 Å². The van der Waals surface area contributed by atoms with Crippen LogP contribution in [-0.2, 0) is 11.2 Å². The van der Waals surface area contributed by atoms with Crippen LogP contribution in [0, 0.1) is 0 Å². The SMILES string of the molecule is CCC(CCCl)NC(=O)CCc1ccc(OC)cc1. The van der Waals surface area contributed by atoms with Crippen molar-refractivity contribution in [2.75, 3.05) is 13.0 Å². The fourth-order valence-corrected chi connectivity index (χ4v) is 2.12. The highest BCUT2D eigenvalue weighted by atomic mass is 35.5. The van der Waals surface area contributed by atoms with Gasteiger partial charge in [-0.3, -0.25) is 4.79 Å². The maximum absolute atomic E-state index is 11.8. The lowest BCUT2D eigenvalue weighted by molar-refractivity contribution is -0.121. The lowest BCUT2D eigenvalue weighted by atomic mass is 10.1. The van der Waals surface area contributed by atoms with Gasteiger partial charge in [-0.15, -0.1) is 11.6 Å². The Morgan fingerprint density at radius 2 is 2.05 bits per heavy atom. The number of carbonyl (C=O) groups is 1. The van der Waals surface area contributed by atoms with Crippen molar-refractivity contribution >= 4 is 17.5 Å². The standard InChI is InChI=1S/C15H22ClNO2/c1-3-13(10-11-16)17-15(18)9-6-12-4-7-14(19-2)8-5-12/h4-5,7-8,13H,3,6,9-11H2,1-2H3,(H,17,18). The number of ether oxygens (including phenoxy) is 1. The summed E-state index contributed by atoms with van der Waals surface area (Å²) in [6, 6.07) is 8.00. The molecule has 0 saturated heterocycles. The largest absolute Gasteiger partial charge is 0.497 e. The lowest BCUT2D eigenvalue weighted by Gasteiger charge is -2.15. The van der Waals surface area contributed by atoms with Gasteiger partial charge in [0, 0.05) is 18.3 Å². The number of alkyl halides is 1. The average Bonchev–Trinajstić information content (AvgIpc) is 2.45. The molecule has 0 heterocycles. The number of methoxy groups -OCH3 is 1. The Morgan fingerprint density at radius 1 is 1.37 bits per heavy atom. The average molecular weight is 284 g/mol. The van der Waals surface area contributed by atoms with Crippen molar-refractivity contribution in [1.29, 1.82) is 0 Å². The van der Waals surface area contributed by atoms with Gasteiger partial charge < -0.3 is 10.1 Å². The maximum atomic E-state index is 11.8. The zero-order valence-corrected chi connectivity index (χ0v) is 12.4. The van der Waals surface area contributed by atoms with E-state index in [0.29, 0.717) is 12.3 Å². The van der Waals surface area contributed by atoms with E-state index in [9.17, 15) is 4.79 Å². The third-order valence-electron chi connectivity index (χ3n) is 3.12. The van der Waals surface area contributed by atoms with Gasteiger partial charge in [-0.1, -0.05) is 19.1 Å². The molecule has 19 heavy (non-hydrogen) atoms. The fourth-order valence-electron chi connectivity index (χ4n) is 1.86. The van der Waals surface area contributed by atoms with Crippen molar-refractivity contribution in [3.63, 3.8) is 0 Å². The van der Waals surface area contributed by atoms with Crippen LogP contribution in [0.5, 0.6) is 5.75 Å². The zero-order chi connectivity index (χ0) is 14.1. The molecule has 0 aromatic heterocycles. The topological polar surface area (TPSA) is 38.3 Å². The van der Waals surface area contributed by atoms with Crippen LogP contribution in [0.15, 0.2) is 24.3 Å². The molecular weight excluding hydrogens is 262 g/mol. The highest BCUT2D eigenvalue weighted by Gasteiger charge is 2.09. The monoisotopic (exact) mass is 283 g/mol. The van der Waals surface area contributed by atoms with Gasteiger partial charge >= 0.3 is 0 Å². The normalized spacial score (nSPS) is 11.9. The molecule has 0 radical (unpaired) electrons. The van der Waals surface area contributed by atoms with E-state index in [0.717, 1.165) is 30.6 Å². The van der Waals surface area contributed by atoms with Gasteiger partial charge in [0.15, 0.2) is 0 Å². The first-order valence-electron chi connectivity index (χ1n) is 6.67. The molecule has 0 aliphatic rings. The van der Waals surface area contributed by atoms with Gasteiger partial charge in [0.1, 0.15) is 5.75 Å². The second-order valence-electron chi connectivity index (χ2n) is 4.50. The molecule has 106 valence electrons. The summed E-state index contributed by atoms with van der Waals surface area (Å²) >= 11 is 5.70. The molecule has 1 atom stereocenters. The van der Waals surface area contributed by atoms with Crippen molar-refractivity contribution < 1.29 is 9.53 Å². The molecule has 1 amide bonds. The Morgan fingerprint density at radius 3 is 2.58 bits per heavy atom. The molecule has 1 aromatic carbocycles. The van der Waals surface area contributed by atoms with E-state index in [-0.39, 0.29) is 11.9 Å². The molecule has 1 aromatic rings. The summed E-state index contributed by atoms with van der Waals surface area (Å²) in [5.74, 6) is 1.51. The van der Waals surface area contributed by atoms with E-state index in [1.54, 1.807) is 7.11 Å². The first kappa shape index (κ1) is 15.8. The number of aryl methyl sites for hydroxylation is 1. The molecule has 4 heteroatoms. The predicted molar refractivity (Wildman–Crippen MR) is 78.9 cm³/mol. The smallest absolute Gasteiger partial charge is 0.220 e. The first-order valence-corrected chi connectivity index (χ1v) is 7.21. The summed E-state index contributed by atoms with van der Waals surface area (Å²) in [4.78, 5) is 11.8. The van der Waals surface area contributed by atoms with E-state index in [4.69, 9.17) is 16.3 Å². The molecule has 1 unspecified atom stereocenters. The minimum atomic E-state index is 0.0905. The molecule has 0 fully saturated rings. The van der Waals surface area contributed by atoms with Crippen molar-refractivity contribution in [1.82, 2.24) is 5.32 Å². The van der Waals surface area contributed by atoms with Crippen LogP contribution < -0.4 is 10.1 Å². The van der Waals surface area contributed by atoms with E-state index >= 15 is 0 Å². The fraction of sp³-hybridized carbons (Fsp3) is 0.533. The van der Waals surface area contributed by atoms with Crippen LogP contribution in [0.2, 0.25) is 0 Å². The van der Waals surface area contributed by atoms with Crippen LogP contribution in [-0.4, -0.2) is 24.9 Å². The molecule has 1 N–H and O–H groups in total. The Bertz CT molecular complexity index is 378. The van der Waals surface area contributed by atoms with E-state index in [2.05, 4.69) is 12.2 Å². The van der Waals surface area contributed by atoms with Gasteiger partial charge in [-0.05, 0) is 37.0 Å². The Labute approximate surface area is 120 Å². The Balaban J connectivity index is 2.36. The maximum Gasteiger partial charge on any atom is 0.220 e. The molecule has 0 bridgehead atoms. The van der Waals surface area contributed by atoms with E-state index < -0.39 is 0 Å². The van der Waals surface area contributed by atoms with Gasteiger partial charge in [-0.25, -0.2) is 0 Å². The Hall–Kier alpha value is -1.22. The van der Waals surface area contributed by atoms with E-state index in [1.165, 1.54) is 0 Å². The third kappa shape index (κ3) is 5.97. The van der Waals surface area contributed by atoms with Gasteiger partial charge in [0.2, 0.25) is 5.91 Å². The quantitative estimate of drug-likeness (QED) is 0.744. The number of hydrogen-bond acceptors (Lipinski definition) is 2. The van der Waals surface area contributed by atoms with Crippen molar-refractivity contribution in [2.45, 2.75) is 38.6 Å². The lowest BCUT2D eigenvalue weighted by Crippen LogP contribution is -2.34. The molecule has 1 rings (SSSR count). The number of hydrogen-bond donors (Lipinski definition) is 1. The van der Waals surface area contributed by atoms with Gasteiger partial charge in [-0.2, -0.15) is 0 Å². The zero-order valence-electron chi connectivity index (χ0n) is 11.6. The first-order chi connectivity index (χ1) is 9.19. The number of carbonyl (C=O) groups excluding carboxylic acids is 1. The summed E-state index contributed by atoms with van der Waals surface area (Å²) < 4.78 is 5.10. The summed E-state index contributed by atoms with van der Waals surface area (Å²) in [6.45, 7) is 2.06. The molecule has 3 nitrogen and oxygen atoms in total. The molecule has 0 spiro atoms. The summed E-state index contributed by atoms with van der Waals surface area (Å²) in [5.41, 5.74) is 1.14. The molecular formula is C15H22ClNO2. The van der Waals surface area contributed by atoms with E-state index in [1.807, 2.05) is 24.3 Å². The number of benzene rings is 1. The van der Waals surface area contributed by atoms with Crippen LogP contribution in [0.3, 0.4) is 0 Å². The summed E-state index contributed by atoms with van der Waals surface area (Å²) in [5, 5.41) is 3.01. The second-order valence-corrected chi connectivity index (χ2v) is 4.88. The molecule has 0 aliphatic carbocycles. The van der Waals surface area contributed by atoms with Gasteiger partial charge in [0.25, 0.3) is 0 Å². The molecule has 0 aliphatic heterocycles. The second kappa shape index (κ2) is 8.81. The minimum Gasteiger partial charge on any atom is -0.497 e. The van der Waals surface area contributed by atoms with Crippen LogP contribution in [0.1, 0.15) is 31.7 Å². The van der Waals surface area contributed by atoms with Crippen LogP contribution in [0.4, 0.5) is 0 Å². The predicted octanol–water partition coefficient (Wildman–Crippen LogP) is 3.15. The summed E-state index contributed by atoms with van der Waals surface area (Å²) in [6.07, 6.45) is 2.99. The Kier molecular flexibility index (Phi) is 7.34. The van der Waals surface area contributed by atoms with Crippen molar-refractivity contribution in [2.24, 2.45) is 0 Å². The number of amides is 1. The summed E-state index contributed by atoms with van der Waals surface area (Å²) in [7, 11) is 1.64. The number of nitrogens with one attached hydrogen (secondary N) is 1.